The number of thiophene rings is 1. The van der Waals surface area contributed by atoms with Gasteiger partial charge in [-0.3, -0.25) is 9.59 Å². The van der Waals surface area contributed by atoms with Crippen molar-refractivity contribution >= 4 is 40.2 Å². The maximum atomic E-state index is 11.9. The Hall–Kier alpha value is -2.42. The van der Waals surface area contributed by atoms with Crippen molar-refractivity contribution in [1.82, 2.24) is 0 Å². The van der Waals surface area contributed by atoms with Crippen LogP contribution >= 0.6 is 11.3 Å². The number of hydrogen-bond donors (Lipinski definition) is 1. The molecule has 0 fully saturated rings. The molecule has 1 amide bonds. The molecule has 0 atom stereocenters. The van der Waals surface area contributed by atoms with Crippen LogP contribution in [0.2, 0.25) is 0 Å². The minimum Gasteiger partial charge on any atom is -0.465 e. The smallest absolute Gasteiger partial charge is 0.348 e. The predicted octanol–water partition coefficient (Wildman–Crippen LogP) is 1.77. The van der Waals surface area contributed by atoms with Crippen molar-refractivity contribution in [2.24, 2.45) is 5.92 Å². The number of methoxy groups -OCH3 is 2. The van der Waals surface area contributed by atoms with Crippen LogP contribution in [0.15, 0.2) is 0 Å². The molecule has 1 aromatic heterocycles. The standard InChI is InChI=1S/C15H19NO7S/c1-7(2)13(18)23-6-9(17)16-12-10(14(19)21-4)8(3)11(24-12)15(20)22-5/h7H,6H2,1-5H3,(H,16,17). The zero-order valence-electron chi connectivity index (χ0n) is 14.1. The SMILES string of the molecule is COC(=O)c1sc(NC(=O)COC(=O)C(C)C)c(C(=O)OC)c1C. The summed E-state index contributed by atoms with van der Waals surface area (Å²) >= 11 is 0.884. The quantitative estimate of drug-likeness (QED) is 0.610. The summed E-state index contributed by atoms with van der Waals surface area (Å²) < 4.78 is 14.1. The first-order valence-corrected chi connectivity index (χ1v) is 7.81. The maximum absolute atomic E-state index is 11.9. The van der Waals surface area contributed by atoms with E-state index in [0.717, 1.165) is 11.3 Å². The van der Waals surface area contributed by atoms with E-state index in [-0.39, 0.29) is 21.4 Å². The fraction of sp³-hybridized carbons (Fsp3) is 0.467. The van der Waals surface area contributed by atoms with Gasteiger partial charge in [0.05, 0.1) is 25.7 Å². The predicted molar refractivity (Wildman–Crippen MR) is 86.2 cm³/mol. The van der Waals surface area contributed by atoms with Crippen molar-refractivity contribution < 1.29 is 33.4 Å². The number of anilines is 1. The molecule has 0 aromatic carbocycles. The third-order valence-corrected chi connectivity index (χ3v) is 4.16. The lowest BCUT2D eigenvalue weighted by Gasteiger charge is -2.08. The number of rotatable bonds is 6. The largest absolute Gasteiger partial charge is 0.465 e. The highest BCUT2D eigenvalue weighted by atomic mass is 32.1. The first-order chi connectivity index (χ1) is 11.2. The van der Waals surface area contributed by atoms with Crippen LogP contribution in [0.4, 0.5) is 5.00 Å². The van der Waals surface area contributed by atoms with E-state index in [0.29, 0.717) is 5.56 Å². The van der Waals surface area contributed by atoms with E-state index < -0.39 is 30.4 Å². The lowest BCUT2D eigenvalue weighted by Crippen LogP contribution is -2.23. The topological polar surface area (TPSA) is 108 Å². The highest BCUT2D eigenvalue weighted by Gasteiger charge is 2.27. The third-order valence-electron chi connectivity index (χ3n) is 2.98. The van der Waals surface area contributed by atoms with Crippen molar-refractivity contribution in [2.75, 3.05) is 26.1 Å². The molecule has 0 saturated heterocycles. The van der Waals surface area contributed by atoms with Gasteiger partial charge in [0.1, 0.15) is 9.88 Å². The van der Waals surface area contributed by atoms with Gasteiger partial charge in [-0.1, -0.05) is 13.8 Å². The Morgan fingerprint density at radius 3 is 2.17 bits per heavy atom. The molecule has 1 rings (SSSR count). The number of nitrogens with one attached hydrogen (secondary N) is 1. The van der Waals surface area contributed by atoms with Gasteiger partial charge in [0.25, 0.3) is 5.91 Å². The van der Waals surface area contributed by atoms with Gasteiger partial charge in [0, 0.05) is 0 Å². The van der Waals surface area contributed by atoms with Crippen LogP contribution in [0.25, 0.3) is 0 Å². The minimum absolute atomic E-state index is 0.0615. The van der Waals surface area contributed by atoms with Crippen LogP contribution in [-0.2, 0) is 23.8 Å². The molecule has 0 radical (unpaired) electrons. The molecule has 0 aliphatic rings. The number of carbonyl (C=O) groups is 4. The summed E-state index contributed by atoms with van der Waals surface area (Å²) in [5, 5.41) is 2.58. The fourth-order valence-electron chi connectivity index (χ4n) is 1.70. The van der Waals surface area contributed by atoms with Gasteiger partial charge in [-0.15, -0.1) is 11.3 Å². The van der Waals surface area contributed by atoms with Crippen LogP contribution in [0, 0.1) is 12.8 Å². The van der Waals surface area contributed by atoms with Crippen LogP contribution < -0.4 is 5.32 Å². The van der Waals surface area contributed by atoms with Gasteiger partial charge in [-0.05, 0) is 12.5 Å². The summed E-state index contributed by atoms with van der Waals surface area (Å²) in [5.41, 5.74) is 0.402. The average molecular weight is 357 g/mol. The summed E-state index contributed by atoms with van der Waals surface area (Å²) in [6.07, 6.45) is 0. The summed E-state index contributed by atoms with van der Waals surface area (Å²) in [7, 11) is 2.40. The first-order valence-electron chi connectivity index (χ1n) is 6.99. The Morgan fingerprint density at radius 1 is 1.08 bits per heavy atom. The third kappa shape index (κ3) is 4.54. The maximum Gasteiger partial charge on any atom is 0.348 e. The molecule has 9 heteroatoms. The van der Waals surface area contributed by atoms with E-state index in [2.05, 4.69) is 14.8 Å². The molecule has 0 aliphatic carbocycles. The Labute approximate surface area is 143 Å². The number of esters is 3. The van der Waals surface area contributed by atoms with E-state index in [1.807, 2.05) is 0 Å². The summed E-state index contributed by atoms with van der Waals surface area (Å²) in [5.74, 6) is -2.84. The second-order valence-corrected chi connectivity index (χ2v) is 6.07. The van der Waals surface area contributed by atoms with E-state index in [1.165, 1.54) is 14.2 Å². The number of hydrogen-bond acceptors (Lipinski definition) is 8. The second-order valence-electron chi connectivity index (χ2n) is 5.05. The highest BCUT2D eigenvalue weighted by molar-refractivity contribution is 7.18. The molecule has 1 heterocycles. The zero-order chi connectivity index (χ0) is 18.4. The van der Waals surface area contributed by atoms with Gasteiger partial charge < -0.3 is 19.5 Å². The van der Waals surface area contributed by atoms with Crippen LogP contribution in [-0.4, -0.2) is 44.6 Å². The Morgan fingerprint density at radius 2 is 1.67 bits per heavy atom. The lowest BCUT2D eigenvalue weighted by molar-refractivity contribution is -0.150. The fourth-order valence-corrected chi connectivity index (χ4v) is 2.83. The normalized spacial score (nSPS) is 10.2. The molecule has 0 aliphatic heterocycles. The number of amides is 1. The van der Waals surface area contributed by atoms with Crippen molar-refractivity contribution in [3.8, 4) is 0 Å². The molecule has 0 saturated carbocycles. The molecule has 8 nitrogen and oxygen atoms in total. The van der Waals surface area contributed by atoms with E-state index >= 15 is 0 Å². The van der Waals surface area contributed by atoms with E-state index in [9.17, 15) is 19.2 Å². The summed E-state index contributed by atoms with van der Waals surface area (Å²) in [4.78, 5) is 47.1. The average Bonchev–Trinajstić information content (AvgIpc) is 2.87. The van der Waals surface area contributed by atoms with Gasteiger partial charge in [0.2, 0.25) is 0 Å². The number of carbonyl (C=O) groups excluding carboxylic acids is 4. The zero-order valence-corrected chi connectivity index (χ0v) is 14.9. The second kappa shape index (κ2) is 8.44. The molecule has 1 aromatic rings. The Balaban J connectivity index is 3.01. The summed E-state index contributed by atoms with van der Waals surface area (Å²) in [6, 6.07) is 0. The van der Waals surface area contributed by atoms with Crippen LogP contribution in [0.1, 0.15) is 39.4 Å². The van der Waals surface area contributed by atoms with Gasteiger partial charge in [0.15, 0.2) is 6.61 Å². The van der Waals surface area contributed by atoms with Crippen molar-refractivity contribution in [3.05, 3.63) is 16.0 Å². The van der Waals surface area contributed by atoms with E-state index in [4.69, 9.17) is 4.74 Å². The number of ether oxygens (including phenoxy) is 3. The van der Waals surface area contributed by atoms with Crippen LogP contribution in [0.5, 0.6) is 0 Å². The summed E-state index contributed by atoms with van der Waals surface area (Å²) in [6.45, 7) is 4.33. The Bertz CT molecular complexity index is 663. The van der Waals surface area contributed by atoms with Crippen molar-refractivity contribution in [2.45, 2.75) is 20.8 Å². The minimum atomic E-state index is -0.701. The molecule has 0 bridgehead atoms. The lowest BCUT2D eigenvalue weighted by atomic mass is 10.1. The van der Waals surface area contributed by atoms with Crippen LogP contribution in [0.3, 0.4) is 0 Å². The molecule has 1 N–H and O–H groups in total. The monoisotopic (exact) mass is 357 g/mol. The molecule has 24 heavy (non-hydrogen) atoms. The van der Waals surface area contributed by atoms with Gasteiger partial charge >= 0.3 is 17.9 Å². The van der Waals surface area contributed by atoms with Crippen molar-refractivity contribution in [3.63, 3.8) is 0 Å². The molecular formula is C15H19NO7S. The first kappa shape index (κ1) is 19.6. The van der Waals surface area contributed by atoms with Crippen molar-refractivity contribution in [1.29, 1.82) is 0 Å². The molecule has 0 spiro atoms. The molecule has 132 valence electrons. The van der Waals surface area contributed by atoms with Gasteiger partial charge in [-0.25, -0.2) is 9.59 Å². The molecule has 0 unspecified atom stereocenters. The van der Waals surface area contributed by atoms with Gasteiger partial charge in [-0.2, -0.15) is 0 Å². The van der Waals surface area contributed by atoms with E-state index in [1.54, 1.807) is 20.8 Å². The Kier molecular flexibility index (Phi) is 6.90. The molecular weight excluding hydrogens is 338 g/mol. The highest BCUT2D eigenvalue weighted by Crippen LogP contribution is 2.34.